The highest BCUT2D eigenvalue weighted by molar-refractivity contribution is 5.51. The summed E-state index contributed by atoms with van der Waals surface area (Å²) in [5, 5.41) is 0. The van der Waals surface area contributed by atoms with Crippen LogP contribution in [0.1, 0.15) is 76.3 Å². The van der Waals surface area contributed by atoms with E-state index in [9.17, 15) is 0 Å². The van der Waals surface area contributed by atoms with Crippen molar-refractivity contribution in [1.29, 1.82) is 0 Å². The lowest BCUT2D eigenvalue weighted by atomic mass is 9.99. The topological polar surface area (TPSA) is 18.5 Å². The van der Waals surface area contributed by atoms with Crippen LogP contribution in [0.3, 0.4) is 0 Å². The molecule has 1 rings (SSSR count). The fourth-order valence-electron chi connectivity index (χ4n) is 2.83. The third-order valence-electron chi connectivity index (χ3n) is 4.38. The van der Waals surface area contributed by atoms with Crippen LogP contribution in [-0.2, 0) is 12.8 Å². The number of hydrogen-bond donors (Lipinski definition) is 0. The first kappa shape index (κ1) is 22.0. The zero-order chi connectivity index (χ0) is 19.0. The van der Waals surface area contributed by atoms with Gasteiger partial charge in [0.25, 0.3) is 0 Å². The number of ether oxygens (including phenoxy) is 2. The normalized spacial score (nSPS) is 9.69. The third-order valence-corrected chi connectivity index (χ3v) is 4.38. The Morgan fingerprint density at radius 3 is 1.42 bits per heavy atom. The Labute approximate surface area is 160 Å². The van der Waals surface area contributed by atoms with Crippen molar-refractivity contribution in [1.82, 2.24) is 0 Å². The van der Waals surface area contributed by atoms with E-state index in [1.165, 1.54) is 38.5 Å². The van der Waals surface area contributed by atoms with Gasteiger partial charge in [-0.25, -0.2) is 0 Å². The average Bonchev–Trinajstić information content (AvgIpc) is 2.67. The maximum absolute atomic E-state index is 5.57. The summed E-state index contributed by atoms with van der Waals surface area (Å²) in [6.45, 7) is 4.42. The maximum Gasteiger partial charge on any atom is 0.123 e. The fourth-order valence-corrected chi connectivity index (χ4v) is 2.83. The molecule has 0 aliphatic carbocycles. The molecule has 0 fully saturated rings. The van der Waals surface area contributed by atoms with Gasteiger partial charge >= 0.3 is 0 Å². The molecule has 0 unspecified atom stereocenters. The van der Waals surface area contributed by atoms with Gasteiger partial charge in [-0.3, -0.25) is 0 Å². The van der Waals surface area contributed by atoms with Gasteiger partial charge in [0.15, 0.2) is 0 Å². The SMILES string of the molecule is CCCCCC#CCc1c(OC)ccc(OC)c1CC#CCCCCC. The van der Waals surface area contributed by atoms with E-state index in [0.29, 0.717) is 12.8 Å². The second-order valence-electron chi connectivity index (χ2n) is 6.40. The molecule has 0 amide bonds. The summed E-state index contributed by atoms with van der Waals surface area (Å²) < 4.78 is 11.1. The van der Waals surface area contributed by atoms with Gasteiger partial charge in [0.05, 0.1) is 14.2 Å². The van der Waals surface area contributed by atoms with Crippen LogP contribution < -0.4 is 9.47 Å². The molecule has 1 aromatic carbocycles. The van der Waals surface area contributed by atoms with E-state index in [4.69, 9.17) is 9.47 Å². The minimum Gasteiger partial charge on any atom is -0.496 e. The van der Waals surface area contributed by atoms with Crippen molar-refractivity contribution in [2.24, 2.45) is 0 Å². The van der Waals surface area contributed by atoms with Crippen LogP contribution in [-0.4, -0.2) is 14.2 Å². The molecule has 0 aliphatic heterocycles. The van der Waals surface area contributed by atoms with Crippen molar-refractivity contribution in [3.63, 3.8) is 0 Å². The summed E-state index contributed by atoms with van der Waals surface area (Å²) in [6, 6.07) is 3.93. The Hall–Kier alpha value is -2.06. The summed E-state index contributed by atoms with van der Waals surface area (Å²) in [5.41, 5.74) is 2.22. The molecule has 1 aromatic rings. The molecular formula is C24H34O2. The van der Waals surface area contributed by atoms with Crippen LogP contribution in [0.2, 0.25) is 0 Å². The highest BCUT2D eigenvalue weighted by atomic mass is 16.5. The molecule has 0 heterocycles. The Bertz CT molecular complexity index is 581. The average molecular weight is 355 g/mol. The molecule has 0 saturated carbocycles. The van der Waals surface area contributed by atoms with Crippen molar-refractivity contribution in [3.8, 4) is 35.2 Å². The molecular weight excluding hydrogens is 320 g/mol. The Kier molecular flexibility index (Phi) is 12.0. The predicted octanol–water partition coefficient (Wildman–Crippen LogP) is 5.96. The first-order valence-electron chi connectivity index (χ1n) is 9.92. The van der Waals surface area contributed by atoms with Gasteiger partial charge in [0, 0.05) is 36.8 Å². The smallest absolute Gasteiger partial charge is 0.123 e. The largest absolute Gasteiger partial charge is 0.496 e. The van der Waals surface area contributed by atoms with Gasteiger partial charge in [-0.2, -0.15) is 0 Å². The summed E-state index contributed by atoms with van der Waals surface area (Å²) in [5.74, 6) is 15.0. The molecule has 0 bridgehead atoms. The van der Waals surface area contributed by atoms with Crippen LogP contribution in [0.25, 0.3) is 0 Å². The predicted molar refractivity (Wildman–Crippen MR) is 111 cm³/mol. The van der Waals surface area contributed by atoms with Gasteiger partial charge in [-0.05, 0) is 25.0 Å². The Balaban J connectivity index is 2.90. The number of methoxy groups -OCH3 is 2. The number of unbranched alkanes of at least 4 members (excludes halogenated alkanes) is 6. The van der Waals surface area contributed by atoms with Crippen molar-refractivity contribution >= 4 is 0 Å². The number of benzene rings is 1. The minimum absolute atomic E-state index is 0.680. The van der Waals surface area contributed by atoms with Gasteiger partial charge in [-0.15, -0.1) is 11.8 Å². The van der Waals surface area contributed by atoms with E-state index in [0.717, 1.165) is 35.5 Å². The monoisotopic (exact) mass is 354 g/mol. The first-order chi connectivity index (χ1) is 12.8. The Morgan fingerprint density at radius 2 is 1.08 bits per heavy atom. The zero-order valence-electron chi connectivity index (χ0n) is 17.0. The molecule has 0 spiro atoms. The summed E-state index contributed by atoms with van der Waals surface area (Å²) in [6.07, 6.45) is 10.6. The lowest BCUT2D eigenvalue weighted by Gasteiger charge is -2.14. The van der Waals surface area contributed by atoms with E-state index in [-0.39, 0.29) is 0 Å². The second kappa shape index (κ2) is 14.1. The van der Waals surface area contributed by atoms with Crippen LogP contribution in [0.15, 0.2) is 12.1 Å². The molecule has 0 aliphatic rings. The van der Waals surface area contributed by atoms with Crippen LogP contribution in [0.4, 0.5) is 0 Å². The summed E-state index contributed by atoms with van der Waals surface area (Å²) in [7, 11) is 3.42. The molecule has 142 valence electrons. The van der Waals surface area contributed by atoms with Gasteiger partial charge in [-0.1, -0.05) is 51.4 Å². The second-order valence-corrected chi connectivity index (χ2v) is 6.40. The van der Waals surface area contributed by atoms with E-state index >= 15 is 0 Å². The highest BCUT2D eigenvalue weighted by Crippen LogP contribution is 2.31. The number of hydrogen-bond acceptors (Lipinski definition) is 2. The van der Waals surface area contributed by atoms with Gasteiger partial charge in [0.2, 0.25) is 0 Å². The molecule has 2 heteroatoms. The molecule has 2 nitrogen and oxygen atoms in total. The zero-order valence-corrected chi connectivity index (χ0v) is 17.0. The van der Waals surface area contributed by atoms with Crippen LogP contribution >= 0.6 is 0 Å². The molecule has 0 N–H and O–H groups in total. The molecule has 0 radical (unpaired) electrons. The van der Waals surface area contributed by atoms with E-state index in [2.05, 4.69) is 37.5 Å². The standard InChI is InChI=1S/C24H34O2/c1-5-7-9-11-13-15-17-21-22(18-16-14-12-10-8-6-2)24(26-4)20-19-23(21)25-3/h19-20H,5-12,17-18H2,1-4H3. The quantitative estimate of drug-likeness (QED) is 0.381. The molecule has 0 saturated heterocycles. The fraction of sp³-hybridized carbons (Fsp3) is 0.583. The Morgan fingerprint density at radius 1 is 0.654 bits per heavy atom. The number of rotatable bonds is 10. The minimum atomic E-state index is 0.680. The third kappa shape index (κ3) is 7.88. The lowest BCUT2D eigenvalue weighted by molar-refractivity contribution is 0.396. The maximum atomic E-state index is 5.57. The van der Waals surface area contributed by atoms with Crippen LogP contribution in [0, 0.1) is 23.7 Å². The van der Waals surface area contributed by atoms with E-state index in [1.54, 1.807) is 14.2 Å². The van der Waals surface area contributed by atoms with Crippen LogP contribution in [0.5, 0.6) is 11.5 Å². The van der Waals surface area contributed by atoms with Crippen molar-refractivity contribution in [3.05, 3.63) is 23.3 Å². The van der Waals surface area contributed by atoms with E-state index < -0.39 is 0 Å². The van der Waals surface area contributed by atoms with E-state index in [1.807, 2.05) is 12.1 Å². The highest BCUT2D eigenvalue weighted by Gasteiger charge is 2.13. The van der Waals surface area contributed by atoms with Gasteiger partial charge in [0.1, 0.15) is 11.5 Å². The van der Waals surface area contributed by atoms with Gasteiger partial charge < -0.3 is 9.47 Å². The first-order valence-corrected chi connectivity index (χ1v) is 9.92. The van der Waals surface area contributed by atoms with Crippen molar-refractivity contribution < 1.29 is 9.47 Å². The summed E-state index contributed by atoms with van der Waals surface area (Å²) in [4.78, 5) is 0. The molecule has 26 heavy (non-hydrogen) atoms. The molecule has 0 atom stereocenters. The lowest BCUT2D eigenvalue weighted by Crippen LogP contribution is -2.01. The van der Waals surface area contributed by atoms with Crippen molar-refractivity contribution in [2.45, 2.75) is 78.1 Å². The summed E-state index contributed by atoms with van der Waals surface area (Å²) >= 11 is 0. The van der Waals surface area contributed by atoms with Crippen molar-refractivity contribution in [2.75, 3.05) is 14.2 Å². The molecule has 0 aromatic heterocycles.